The van der Waals surface area contributed by atoms with Crippen LogP contribution in [0.1, 0.15) is 24.1 Å². The van der Waals surface area contributed by atoms with Crippen LogP contribution >= 0.6 is 0 Å². The Morgan fingerprint density at radius 2 is 1.65 bits per heavy atom. The van der Waals surface area contributed by atoms with Gasteiger partial charge in [-0.25, -0.2) is 13.2 Å². The van der Waals surface area contributed by atoms with Crippen molar-refractivity contribution >= 4 is 21.6 Å². The lowest BCUT2D eigenvalue weighted by Crippen LogP contribution is -2.31. The fourth-order valence-electron chi connectivity index (χ4n) is 2.23. The minimum absolute atomic E-state index is 0.113. The average molecular weight is 332 g/mol. The van der Waals surface area contributed by atoms with Crippen molar-refractivity contribution in [2.75, 3.05) is 11.6 Å². The second-order valence-corrected chi connectivity index (χ2v) is 7.60. The Balaban J connectivity index is 2.06. The van der Waals surface area contributed by atoms with Crippen LogP contribution in [0.5, 0.6) is 0 Å². The van der Waals surface area contributed by atoms with E-state index < -0.39 is 9.84 Å². The molecule has 2 N–H and O–H groups in total. The Hall–Kier alpha value is -2.34. The number of para-hydroxylation sites is 1. The number of rotatable bonds is 5. The van der Waals surface area contributed by atoms with Crippen molar-refractivity contribution < 1.29 is 13.2 Å². The maximum absolute atomic E-state index is 12.1. The molecule has 6 heteroatoms. The van der Waals surface area contributed by atoms with E-state index in [1.54, 1.807) is 24.3 Å². The molecule has 0 heterocycles. The third kappa shape index (κ3) is 5.41. The maximum Gasteiger partial charge on any atom is 0.319 e. The molecule has 23 heavy (non-hydrogen) atoms. The first-order valence-corrected chi connectivity index (χ1v) is 9.29. The molecule has 0 bridgehead atoms. The van der Waals surface area contributed by atoms with Crippen molar-refractivity contribution in [3.05, 3.63) is 65.7 Å². The van der Waals surface area contributed by atoms with Gasteiger partial charge in [-0.05, 0) is 24.1 Å². The predicted molar refractivity (Wildman–Crippen MR) is 92.0 cm³/mol. The molecule has 0 saturated carbocycles. The zero-order valence-corrected chi connectivity index (χ0v) is 13.9. The molecule has 1 atom stereocenters. The summed E-state index contributed by atoms with van der Waals surface area (Å²) in [6.45, 7) is 1.89. The number of amides is 2. The normalized spacial score (nSPS) is 12.4. The van der Waals surface area contributed by atoms with Crippen LogP contribution in [0, 0.1) is 0 Å². The molecule has 2 rings (SSSR count). The number of carbonyl (C=O) groups excluding carboxylic acids is 1. The van der Waals surface area contributed by atoms with Crippen LogP contribution in [0.15, 0.2) is 54.6 Å². The van der Waals surface area contributed by atoms with Gasteiger partial charge in [-0.3, -0.25) is 0 Å². The Labute approximate surface area is 136 Å². The van der Waals surface area contributed by atoms with Crippen LogP contribution in [-0.4, -0.2) is 20.7 Å². The van der Waals surface area contributed by atoms with Gasteiger partial charge in [0.05, 0.1) is 11.8 Å². The van der Waals surface area contributed by atoms with Crippen molar-refractivity contribution in [1.82, 2.24) is 5.32 Å². The lowest BCUT2D eigenvalue weighted by molar-refractivity contribution is 0.249. The lowest BCUT2D eigenvalue weighted by atomic mass is 10.1. The highest BCUT2D eigenvalue weighted by atomic mass is 32.2. The molecule has 0 spiro atoms. The van der Waals surface area contributed by atoms with Gasteiger partial charge in [-0.2, -0.15) is 0 Å². The van der Waals surface area contributed by atoms with Crippen LogP contribution in [0.25, 0.3) is 0 Å². The first-order valence-electron chi connectivity index (χ1n) is 7.23. The third-order valence-electron chi connectivity index (χ3n) is 3.33. The molecule has 0 saturated heterocycles. The van der Waals surface area contributed by atoms with E-state index in [9.17, 15) is 13.2 Å². The van der Waals surface area contributed by atoms with Gasteiger partial charge < -0.3 is 10.6 Å². The number of urea groups is 1. The lowest BCUT2D eigenvalue weighted by Gasteiger charge is -2.16. The summed E-state index contributed by atoms with van der Waals surface area (Å²) in [5.74, 6) is -0.113. The summed E-state index contributed by atoms with van der Waals surface area (Å²) in [6.07, 6.45) is 1.17. The topological polar surface area (TPSA) is 75.3 Å². The minimum atomic E-state index is -3.17. The van der Waals surface area contributed by atoms with Crippen LogP contribution in [0.2, 0.25) is 0 Å². The quantitative estimate of drug-likeness (QED) is 0.883. The van der Waals surface area contributed by atoms with Crippen molar-refractivity contribution in [3.63, 3.8) is 0 Å². The Morgan fingerprint density at radius 3 is 2.30 bits per heavy atom. The van der Waals surface area contributed by atoms with E-state index in [1.807, 2.05) is 37.3 Å². The summed E-state index contributed by atoms with van der Waals surface area (Å²) >= 11 is 0. The number of carbonyl (C=O) groups is 1. The molecule has 0 aromatic heterocycles. The van der Waals surface area contributed by atoms with Crippen molar-refractivity contribution in [2.45, 2.75) is 18.7 Å². The average Bonchev–Trinajstić information content (AvgIpc) is 2.48. The predicted octanol–water partition coefficient (Wildman–Crippen LogP) is 3.11. The van der Waals surface area contributed by atoms with Gasteiger partial charge in [0.25, 0.3) is 0 Å². The number of nitrogens with one attached hydrogen (secondary N) is 2. The highest BCUT2D eigenvalue weighted by Crippen LogP contribution is 2.18. The van der Waals surface area contributed by atoms with Crippen molar-refractivity contribution in [2.24, 2.45) is 0 Å². The fraction of sp³-hybridized carbons (Fsp3) is 0.235. The molecule has 0 unspecified atom stereocenters. The summed E-state index contributed by atoms with van der Waals surface area (Å²) < 4.78 is 22.9. The molecule has 0 aliphatic carbocycles. The first kappa shape index (κ1) is 17.0. The molecule has 5 nitrogen and oxygen atoms in total. The molecular weight excluding hydrogens is 312 g/mol. The molecule has 0 aliphatic rings. The van der Waals surface area contributed by atoms with E-state index in [0.717, 1.165) is 5.56 Å². The summed E-state index contributed by atoms with van der Waals surface area (Å²) in [7, 11) is -3.17. The number of benzene rings is 2. The van der Waals surface area contributed by atoms with Crippen LogP contribution in [0.4, 0.5) is 10.5 Å². The SMILES string of the molecule is C[C@@H](NC(=O)Nc1ccccc1CS(C)(=O)=O)c1ccccc1. The van der Waals surface area contributed by atoms with E-state index in [-0.39, 0.29) is 17.8 Å². The molecule has 0 radical (unpaired) electrons. The van der Waals surface area contributed by atoms with Gasteiger partial charge in [0.2, 0.25) is 0 Å². The second-order valence-electron chi connectivity index (χ2n) is 5.46. The zero-order chi connectivity index (χ0) is 16.9. The van der Waals surface area contributed by atoms with Gasteiger partial charge in [0.1, 0.15) is 0 Å². The van der Waals surface area contributed by atoms with Gasteiger partial charge in [0, 0.05) is 11.9 Å². The smallest absolute Gasteiger partial charge is 0.319 e. The largest absolute Gasteiger partial charge is 0.331 e. The standard InChI is InChI=1S/C17H20N2O3S/c1-13(14-8-4-3-5-9-14)18-17(20)19-16-11-7-6-10-15(16)12-23(2,21)22/h3-11,13H,12H2,1-2H3,(H2,18,19,20)/t13-/m1/s1. The summed E-state index contributed by atoms with van der Waals surface area (Å²) in [5, 5.41) is 5.55. The molecule has 2 amide bonds. The second kappa shape index (κ2) is 7.28. The Bertz CT molecular complexity index is 773. The molecular formula is C17H20N2O3S. The van der Waals surface area contributed by atoms with Crippen molar-refractivity contribution in [1.29, 1.82) is 0 Å². The maximum atomic E-state index is 12.1. The van der Waals surface area contributed by atoms with E-state index >= 15 is 0 Å². The number of hydrogen-bond acceptors (Lipinski definition) is 3. The summed E-state index contributed by atoms with van der Waals surface area (Å²) in [6, 6.07) is 16.0. The van der Waals surface area contributed by atoms with Gasteiger partial charge >= 0.3 is 6.03 Å². The number of hydrogen-bond donors (Lipinski definition) is 2. The highest BCUT2D eigenvalue weighted by Gasteiger charge is 2.13. The number of sulfone groups is 1. The van der Waals surface area contributed by atoms with Crippen LogP contribution in [-0.2, 0) is 15.6 Å². The molecule has 2 aromatic rings. The molecule has 2 aromatic carbocycles. The monoisotopic (exact) mass is 332 g/mol. The zero-order valence-electron chi connectivity index (χ0n) is 13.1. The van der Waals surface area contributed by atoms with E-state index in [1.165, 1.54) is 6.26 Å². The Morgan fingerprint density at radius 1 is 1.04 bits per heavy atom. The van der Waals surface area contributed by atoms with Gasteiger partial charge in [-0.15, -0.1) is 0 Å². The molecule has 122 valence electrons. The third-order valence-corrected chi connectivity index (χ3v) is 4.17. The highest BCUT2D eigenvalue weighted by molar-refractivity contribution is 7.89. The van der Waals surface area contributed by atoms with E-state index in [4.69, 9.17) is 0 Å². The van der Waals surface area contributed by atoms with Crippen molar-refractivity contribution in [3.8, 4) is 0 Å². The molecule has 0 aliphatic heterocycles. The van der Waals surface area contributed by atoms with Crippen LogP contribution in [0.3, 0.4) is 0 Å². The van der Waals surface area contributed by atoms with Gasteiger partial charge in [-0.1, -0.05) is 48.5 Å². The molecule has 0 fully saturated rings. The van der Waals surface area contributed by atoms with E-state index in [2.05, 4.69) is 10.6 Å². The summed E-state index contributed by atoms with van der Waals surface area (Å²) in [4.78, 5) is 12.1. The van der Waals surface area contributed by atoms with Gasteiger partial charge in [0.15, 0.2) is 9.84 Å². The first-order chi connectivity index (χ1) is 10.8. The number of anilines is 1. The summed E-state index contributed by atoms with van der Waals surface area (Å²) in [5.41, 5.74) is 2.06. The Kier molecular flexibility index (Phi) is 5.39. The minimum Gasteiger partial charge on any atom is -0.331 e. The van der Waals surface area contributed by atoms with Crippen LogP contribution < -0.4 is 10.6 Å². The van der Waals surface area contributed by atoms with E-state index in [0.29, 0.717) is 11.3 Å². The fourth-order valence-corrected chi connectivity index (χ4v) is 3.05.